The number of hydrogen-bond acceptors (Lipinski definition) is 4. The molecule has 3 rings (SSSR count). The third-order valence-corrected chi connectivity index (χ3v) is 4.34. The van der Waals surface area contributed by atoms with Gasteiger partial charge in [0.15, 0.2) is 5.82 Å². The molecule has 0 aliphatic heterocycles. The van der Waals surface area contributed by atoms with E-state index < -0.39 is 11.8 Å². The summed E-state index contributed by atoms with van der Waals surface area (Å²) in [5, 5.41) is 11.9. The number of rotatable bonds is 4. The number of anilines is 2. The first-order chi connectivity index (χ1) is 11.8. The van der Waals surface area contributed by atoms with Gasteiger partial charge in [-0.1, -0.05) is 11.6 Å². The largest absolute Gasteiger partial charge is 0.478 e. The fraction of sp³-hybridized carbons (Fsp3) is 0.188. The number of aromatic carboxylic acids is 1. The maximum Gasteiger partial charge on any atom is 0.337 e. The number of imidazole rings is 1. The van der Waals surface area contributed by atoms with Gasteiger partial charge in [-0.15, -0.1) is 0 Å². The van der Waals surface area contributed by atoms with Crippen LogP contribution in [0.1, 0.15) is 30.2 Å². The lowest BCUT2D eigenvalue weighted by molar-refractivity contribution is 0.0697. The number of fused-ring (bicyclic) bond motifs is 1. The number of nitrogens with zero attached hydrogens (tertiary/aromatic N) is 3. The zero-order chi connectivity index (χ0) is 18.3. The third kappa shape index (κ3) is 3.32. The highest BCUT2D eigenvalue weighted by Crippen LogP contribution is 2.31. The molecular formula is C16H13BrClFN4O2. The zero-order valence-electron chi connectivity index (χ0n) is 13.2. The first kappa shape index (κ1) is 17.6. The molecule has 0 radical (unpaired) electrons. The Labute approximate surface area is 155 Å². The molecule has 2 aromatic heterocycles. The van der Waals surface area contributed by atoms with Crippen LogP contribution in [0.4, 0.5) is 15.9 Å². The lowest BCUT2D eigenvalue weighted by Gasteiger charge is -2.14. The fourth-order valence-corrected chi connectivity index (χ4v) is 3.07. The summed E-state index contributed by atoms with van der Waals surface area (Å²) in [5.41, 5.74) is 1.12. The van der Waals surface area contributed by atoms with Gasteiger partial charge in [0.2, 0.25) is 0 Å². The summed E-state index contributed by atoms with van der Waals surface area (Å²) in [7, 11) is 0. The molecule has 2 N–H and O–H groups in total. The van der Waals surface area contributed by atoms with Gasteiger partial charge in [-0.25, -0.2) is 19.2 Å². The molecule has 0 unspecified atom stereocenters. The van der Waals surface area contributed by atoms with Crippen molar-refractivity contribution in [2.75, 3.05) is 5.32 Å². The molecule has 130 valence electrons. The Balaban J connectivity index is 2.17. The highest BCUT2D eigenvalue weighted by Gasteiger charge is 2.18. The van der Waals surface area contributed by atoms with Crippen LogP contribution >= 0.6 is 27.5 Å². The number of aromatic nitrogens is 3. The van der Waals surface area contributed by atoms with Crippen molar-refractivity contribution in [3.8, 4) is 0 Å². The van der Waals surface area contributed by atoms with E-state index in [-0.39, 0.29) is 22.3 Å². The minimum Gasteiger partial charge on any atom is -0.478 e. The summed E-state index contributed by atoms with van der Waals surface area (Å²) in [6.45, 7) is 3.97. The minimum absolute atomic E-state index is 0.0368. The van der Waals surface area contributed by atoms with E-state index in [1.54, 1.807) is 12.4 Å². The predicted molar refractivity (Wildman–Crippen MR) is 97.3 cm³/mol. The van der Waals surface area contributed by atoms with Crippen molar-refractivity contribution in [2.24, 2.45) is 0 Å². The summed E-state index contributed by atoms with van der Waals surface area (Å²) in [6, 6.07) is 3.96. The molecule has 0 amide bonds. The van der Waals surface area contributed by atoms with Crippen LogP contribution in [0, 0.1) is 5.82 Å². The van der Waals surface area contributed by atoms with Crippen molar-refractivity contribution in [3.63, 3.8) is 0 Å². The normalized spacial score (nSPS) is 11.3. The molecule has 0 aliphatic carbocycles. The molecule has 0 bridgehead atoms. The Morgan fingerprint density at radius 3 is 2.76 bits per heavy atom. The number of carboxylic acid groups (broad SMARTS) is 1. The van der Waals surface area contributed by atoms with Crippen molar-refractivity contribution in [1.82, 2.24) is 14.5 Å². The summed E-state index contributed by atoms with van der Waals surface area (Å²) in [4.78, 5) is 19.9. The van der Waals surface area contributed by atoms with Gasteiger partial charge in [0.1, 0.15) is 15.9 Å². The second kappa shape index (κ2) is 6.61. The molecule has 2 heterocycles. The van der Waals surface area contributed by atoms with Crippen LogP contribution < -0.4 is 5.32 Å². The average molecular weight is 428 g/mol. The fourth-order valence-electron chi connectivity index (χ4n) is 2.44. The van der Waals surface area contributed by atoms with Gasteiger partial charge in [0, 0.05) is 6.04 Å². The van der Waals surface area contributed by atoms with Crippen LogP contribution in [0.2, 0.25) is 5.02 Å². The monoisotopic (exact) mass is 426 g/mol. The van der Waals surface area contributed by atoms with Crippen molar-refractivity contribution in [1.29, 1.82) is 0 Å². The Morgan fingerprint density at radius 1 is 1.40 bits per heavy atom. The van der Waals surface area contributed by atoms with E-state index in [0.717, 1.165) is 12.1 Å². The SMILES string of the molecule is CC(C)n1cnc2cc(Br)nc(Nc3cc(C(=O)O)c(Cl)cc3F)c21. The Morgan fingerprint density at radius 2 is 2.12 bits per heavy atom. The van der Waals surface area contributed by atoms with E-state index in [1.807, 2.05) is 18.4 Å². The minimum atomic E-state index is -1.24. The lowest BCUT2D eigenvalue weighted by atomic mass is 10.2. The van der Waals surface area contributed by atoms with Gasteiger partial charge in [-0.05, 0) is 48.0 Å². The Kier molecular flexibility index (Phi) is 4.66. The van der Waals surface area contributed by atoms with Crippen molar-refractivity contribution < 1.29 is 14.3 Å². The maximum atomic E-state index is 14.3. The van der Waals surface area contributed by atoms with Gasteiger partial charge in [0.05, 0.1) is 28.1 Å². The van der Waals surface area contributed by atoms with Gasteiger partial charge in [-0.3, -0.25) is 0 Å². The van der Waals surface area contributed by atoms with Gasteiger partial charge in [-0.2, -0.15) is 0 Å². The van der Waals surface area contributed by atoms with Crippen LogP contribution in [0.15, 0.2) is 29.1 Å². The van der Waals surface area contributed by atoms with E-state index in [2.05, 4.69) is 31.2 Å². The van der Waals surface area contributed by atoms with Crippen LogP contribution in [0.5, 0.6) is 0 Å². The molecule has 25 heavy (non-hydrogen) atoms. The Bertz CT molecular complexity index is 990. The van der Waals surface area contributed by atoms with E-state index >= 15 is 0 Å². The van der Waals surface area contributed by atoms with E-state index in [9.17, 15) is 14.3 Å². The van der Waals surface area contributed by atoms with Crippen molar-refractivity contribution >= 4 is 56.0 Å². The van der Waals surface area contributed by atoms with E-state index in [0.29, 0.717) is 21.5 Å². The van der Waals surface area contributed by atoms with Crippen molar-refractivity contribution in [2.45, 2.75) is 19.9 Å². The summed E-state index contributed by atoms with van der Waals surface area (Å²) in [6.07, 6.45) is 1.68. The van der Waals surface area contributed by atoms with Gasteiger partial charge >= 0.3 is 5.97 Å². The topological polar surface area (TPSA) is 80.0 Å². The average Bonchev–Trinajstić information content (AvgIpc) is 2.93. The smallest absolute Gasteiger partial charge is 0.337 e. The first-order valence-electron chi connectivity index (χ1n) is 7.30. The standard InChI is InChI=1S/C16H13BrClFN4O2/c1-7(2)23-6-20-12-5-13(17)22-15(14(12)23)21-11-3-8(16(24)25)9(18)4-10(11)19/h3-7H,1-2H3,(H,21,22)(H,24,25). The molecule has 3 aromatic rings. The molecule has 0 atom stereocenters. The molecule has 1 aromatic carbocycles. The quantitative estimate of drug-likeness (QED) is 0.572. The summed E-state index contributed by atoms with van der Waals surface area (Å²) in [5.74, 6) is -1.57. The van der Waals surface area contributed by atoms with Crippen LogP contribution in [0.25, 0.3) is 11.0 Å². The predicted octanol–water partition coefficient (Wildman–Crippen LogP) is 5.01. The molecule has 0 fully saturated rings. The highest BCUT2D eigenvalue weighted by molar-refractivity contribution is 9.10. The molecule has 0 saturated heterocycles. The maximum absolute atomic E-state index is 14.3. The molecular weight excluding hydrogens is 415 g/mol. The zero-order valence-corrected chi connectivity index (χ0v) is 15.6. The first-order valence-corrected chi connectivity index (χ1v) is 8.47. The van der Waals surface area contributed by atoms with Crippen LogP contribution in [-0.4, -0.2) is 25.6 Å². The number of hydrogen-bond donors (Lipinski definition) is 2. The van der Waals surface area contributed by atoms with E-state index in [4.69, 9.17) is 11.6 Å². The number of carbonyl (C=O) groups is 1. The highest BCUT2D eigenvalue weighted by atomic mass is 79.9. The molecule has 0 aliphatic rings. The number of halogens is 3. The number of pyridine rings is 1. The number of nitrogens with one attached hydrogen (secondary N) is 1. The molecule has 9 heteroatoms. The summed E-state index contributed by atoms with van der Waals surface area (Å²) >= 11 is 9.08. The lowest BCUT2D eigenvalue weighted by Crippen LogP contribution is -2.05. The summed E-state index contributed by atoms with van der Waals surface area (Å²) < 4.78 is 16.7. The third-order valence-electron chi connectivity index (χ3n) is 3.62. The molecule has 0 saturated carbocycles. The van der Waals surface area contributed by atoms with Crippen molar-refractivity contribution in [3.05, 3.63) is 45.5 Å². The van der Waals surface area contributed by atoms with Crippen LogP contribution in [0.3, 0.4) is 0 Å². The van der Waals surface area contributed by atoms with Crippen LogP contribution in [-0.2, 0) is 0 Å². The molecule has 6 nitrogen and oxygen atoms in total. The van der Waals surface area contributed by atoms with Gasteiger partial charge < -0.3 is 15.0 Å². The second-order valence-electron chi connectivity index (χ2n) is 5.65. The number of carboxylic acids is 1. The molecule has 0 spiro atoms. The van der Waals surface area contributed by atoms with E-state index in [1.165, 1.54) is 0 Å². The van der Waals surface area contributed by atoms with Gasteiger partial charge in [0.25, 0.3) is 0 Å². The number of benzene rings is 1. The Hall–Kier alpha value is -2.19. The second-order valence-corrected chi connectivity index (χ2v) is 6.87.